The molecule has 0 bridgehead atoms. The van der Waals surface area contributed by atoms with Crippen LogP contribution in [0.4, 0.5) is 4.39 Å². The second-order valence-electron chi connectivity index (χ2n) is 2.07. The molecule has 0 aromatic heterocycles. The molecule has 0 N–H and O–H groups in total. The molecule has 0 rings (SSSR count). The Labute approximate surface area is 55.5 Å². The second kappa shape index (κ2) is 3.28. The fraction of sp³-hybridized carbons (Fsp3) is 0.429. The van der Waals surface area contributed by atoms with E-state index in [0.29, 0.717) is 5.57 Å². The van der Waals surface area contributed by atoms with Gasteiger partial charge in [0.15, 0.2) is 5.95 Å². The maximum Gasteiger partial charge on any atom is 0.192 e. The van der Waals surface area contributed by atoms with E-state index in [9.17, 15) is 4.39 Å². The first-order valence-corrected chi connectivity index (χ1v) is 2.75. The molecule has 0 amide bonds. The molecule has 0 aliphatic carbocycles. The summed E-state index contributed by atoms with van der Waals surface area (Å²) >= 11 is 0. The minimum absolute atomic E-state index is 0.231. The van der Waals surface area contributed by atoms with Crippen molar-refractivity contribution in [1.29, 1.82) is 0 Å². The molecule has 0 radical (unpaired) electrons. The molecule has 0 spiro atoms. The molecule has 0 saturated carbocycles. The van der Waals surface area contributed by atoms with Gasteiger partial charge < -0.3 is 4.90 Å². The Balaban J connectivity index is 4.27. The van der Waals surface area contributed by atoms with Gasteiger partial charge in [-0.3, -0.25) is 0 Å². The first kappa shape index (κ1) is 8.21. The highest BCUT2D eigenvalue weighted by atomic mass is 19.1. The lowest BCUT2D eigenvalue weighted by molar-refractivity contribution is 0.369. The van der Waals surface area contributed by atoms with E-state index in [0.717, 1.165) is 0 Å². The van der Waals surface area contributed by atoms with E-state index >= 15 is 0 Å². The van der Waals surface area contributed by atoms with Crippen LogP contribution in [0.5, 0.6) is 0 Å². The Morgan fingerprint density at radius 1 is 1.56 bits per heavy atom. The summed E-state index contributed by atoms with van der Waals surface area (Å²) in [7, 11) is 3.31. The first-order chi connectivity index (χ1) is 4.09. The summed E-state index contributed by atoms with van der Waals surface area (Å²) in [5.74, 6) is -0.231. The molecule has 0 aromatic rings. The Kier molecular flexibility index (Phi) is 2.99. The number of rotatable bonds is 2. The van der Waals surface area contributed by atoms with Crippen molar-refractivity contribution in [2.24, 2.45) is 0 Å². The Bertz CT molecular complexity index is 136. The van der Waals surface area contributed by atoms with Crippen LogP contribution >= 0.6 is 0 Å². The molecule has 0 aliphatic heterocycles. The highest BCUT2D eigenvalue weighted by Crippen LogP contribution is 2.07. The summed E-state index contributed by atoms with van der Waals surface area (Å²) in [6.45, 7) is 5.12. The molecular formula is C7H12FN. The number of allylic oxidation sites excluding steroid dienone is 2. The van der Waals surface area contributed by atoms with Crippen LogP contribution in [0.25, 0.3) is 0 Å². The summed E-state index contributed by atoms with van der Waals surface area (Å²) in [4.78, 5) is 1.41. The molecule has 0 aromatic carbocycles. The van der Waals surface area contributed by atoms with Gasteiger partial charge in [-0.05, 0) is 6.92 Å². The van der Waals surface area contributed by atoms with Crippen LogP contribution in [0.15, 0.2) is 24.2 Å². The predicted molar refractivity (Wildman–Crippen MR) is 37.7 cm³/mol. The van der Waals surface area contributed by atoms with Crippen molar-refractivity contribution in [3.05, 3.63) is 24.2 Å². The largest absolute Gasteiger partial charge is 0.354 e. The van der Waals surface area contributed by atoms with E-state index in [1.165, 1.54) is 11.0 Å². The van der Waals surface area contributed by atoms with E-state index < -0.39 is 0 Å². The van der Waals surface area contributed by atoms with Crippen molar-refractivity contribution in [3.63, 3.8) is 0 Å². The Hall–Kier alpha value is -0.790. The van der Waals surface area contributed by atoms with Gasteiger partial charge in [0.25, 0.3) is 0 Å². The molecule has 0 fully saturated rings. The number of hydrogen-bond acceptors (Lipinski definition) is 1. The standard InChI is InChI=1S/C7H12FN/c1-5-6(2)7(8)9(3)4/h5H,1H2,2-4H3. The van der Waals surface area contributed by atoms with Crippen LogP contribution in [0, 0.1) is 0 Å². The molecule has 0 saturated heterocycles. The van der Waals surface area contributed by atoms with Crippen molar-refractivity contribution in [3.8, 4) is 0 Å². The highest BCUT2D eigenvalue weighted by Gasteiger charge is 1.97. The van der Waals surface area contributed by atoms with Crippen LogP contribution < -0.4 is 0 Å². The zero-order valence-corrected chi connectivity index (χ0v) is 6.11. The SMILES string of the molecule is C=CC(C)=C(F)N(C)C. The number of halogens is 1. The molecule has 52 valence electrons. The number of hydrogen-bond donors (Lipinski definition) is 0. The zero-order chi connectivity index (χ0) is 7.44. The van der Waals surface area contributed by atoms with Gasteiger partial charge in [-0.15, -0.1) is 0 Å². The van der Waals surface area contributed by atoms with E-state index in [-0.39, 0.29) is 5.95 Å². The smallest absolute Gasteiger partial charge is 0.192 e. The van der Waals surface area contributed by atoms with E-state index in [1.807, 2.05) is 0 Å². The monoisotopic (exact) mass is 129 g/mol. The average Bonchev–Trinajstić information content (AvgIpc) is 1.84. The summed E-state index contributed by atoms with van der Waals surface area (Å²) < 4.78 is 12.7. The lowest BCUT2D eigenvalue weighted by Gasteiger charge is -2.09. The summed E-state index contributed by atoms with van der Waals surface area (Å²) in [6, 6.07) is 0. The third kappa shape index (κ3) is 2.31. The lowest BCUT2D eigenvalue weighted by Crippen LogP contribution is -2.08. The van der Waals surface area contributed by atoms with Crippen LogP contribution in [0.2, 0.25) is 0 Å². The third-order valence-electron chi connectivity index (χ3n) is 1.02. The maximum atomic E-state index is 12.7. The molecule has 1 nitrogen and oxygen atoms in total. The van der Waals surface area contributed by atoms with Crippen LogP contribution in [-0.2, 0) is 0 Å². The first-order valence-electron chi connectivity index (χ1n) is 2.75. The quantitative estimate of drug-likeness (QED) is 0.407. The van der Waals surface area contributed by atoms with Crippen LogP contribution in [0.1, 0.15) is 6.92 Å². The van der Waals surface area contributed by atoms with Gasteiger partial charge in [0.2, 0.25) is 0 Å². The molecule has 9 heavy (non-hydrogen) atoms. The van der Waals surface area contributed by atoms with Crippen LogP contribution in [-0.4, -0.2) is 19.0 Å². The summed E-state index contributed by atoms with van der Waals surface area (Å²) in [5, 5.41) is 0. The number of nitrogens with zero attached hydrogens (tertiary/aromatic N) is 1. The minimum Gasteiger partial charge on any atom is -0.354 e. The van der Waals surface area contributed by atoms with E-state index in [4.69, 9.17) is 0 Å². The summed E-state index contributed by atoms with van der Waals surface area (Å²) in [6.07, 6.45) is 1.50. The molecule has 2 heteroatoms. The fourth-order valence-corrected chi connectivity index (χ4v) is 0.437. The Morgan fingerprint density at radius 2 is 2.00 bits per heavy atom. The van der Waals surface area contributed by atoms with Crippen molar-refractivity contribution in [1.82, 2.24) is 4.90 Å². The molecular weight excluding hydrogens is 117 g/mol. The molecule has 0 unspecified atom stereocenters. The molecule has 0 atom stereocenters. The third-order valence-corrected chi connectivity index (χ3v) is 1.02. The maximum absolute atomic E-state index is 12.7. The Morgan fingerprint density at radius 3 is 2.11 bits per heavy atom. The molecule has 0 aliphatic rings. The molecule has 0 heterocycles. The average molecular weight is 129 g/mol. The predicted octanol–water partition coefficient (Wildman–Crippen LogP) is 1.93. The van der Waals surface area contributed by atoms with Gasteiger partial charge in [-0.2, -0.15) is 4.39 Å². The van der Waals surface area contributed by atoms with Gasteiger partial charge in [-0.1, -0.05) is 12.7 Å². The second-order valence-corrected chi connectivity index (χ2v) is 2.07. The van der Waals surface area contributed by atoms with Crippen molar-refractivity contribution in [2.75, 3.05) is 14.1 Å². The van der Waals surface area contributed by atoms with Gasteiger partial charge in [0.05, 0.1) is 0 Å². The topological polar surface area (TPSA) is 3.24 Å². The van der Waals surface area contributed by atoms with E-state index in [2.05, 4.69) is 6.58 Å². The minimum atomic E-state index is -0.231. The van der Waals surface area contributed by atoms with Crippen molar-refractivity contribution < 1.29 is 4.39 Å². The lowest BCUT2D eigenvalue weighted by atomic mass is 10.3. The van der Waals surface area contributed by atoms with Gasteiger partial charge >= 0.3 is 0 Å². The van der Waals surface area contributed by atoms with Crippen LogP contribution in [0.3, 0.4) is 0 Å². The normalized spacial score (nSPS) is 12.4. The zero-order valence-electron chi connectivity index (χ0n) is 6.11. The highest BCUT2D eigenvalue weighted by molar-refractivity contribution is 5.15. The van der Waals surface area contributed by atoms with Gasteiger partial charge in [0, 0.05) is 19.7 Å². The van der Waals surface area contributed by atoms with Crippen molar-refractivity contribution in [2.45, 2.75) is 6.92 Å². The van der Waals surface area contributed by atoms with Gasteiger partial charge in [-0.25, -0.2) is 0 Å². The fourth-order valence-electron chi connectivity index (χ4n) is 0.437. The van der Waals surface area contributed by atoms with Gasteiger partial charge in [0.1, 0.15) is 0 Å². The summed E-state index contributed by atoms with van der Waals surface area (Å²) in [5.41, 5.74) is 0.569. The van der Waals surface area contributed by atoms with E-state index in [1.54, 1.807) is 21.0 Å². The van der Waals surface area contributed by atoms with Crippen molar-refractivity contribution >= 4 is 0 Å².